The van der Waals surface area contributed by atoms with Crippen molar-refractivity contribution in [3.8, 4) is 17.6 Å². The van der Waals surface area contributed by atoms with Gasteiger partial charge in [-0.2, -0.15) is 5.26 Å². The minimum atomic E-state index is -0.113. The van der Waals surface area contributed by atoms with E-state index in [0.717, 1.165) is 37.3 Å². The van der Waals surface area contributed by atoms with Crippen molar-refractivity contribution in [2.45, 2.75) is 26.2 Å². The van der Waals surface area contributed by atoms with Gasteiger partial charge in [0.1, 0.15) is 17.6 Å². The predicted octanol–water partition coefficient (Wildman–Crippen LogP) is 6.24. The third kappa shape index (κ3) is 7.48. The number of anilines is 4. The molecule has 1 aliphatic rings. The molecular formula is C33H36ClN7O3. The predicted molar refractivity (Wildman–Crippen MR) is 174 cm³/mol. The molecule has 11 heteroatoms. The maximum absolute atomic E-state index is 12.8. The molecular weight excluding hydrogens is 578 g/mol. The molecule has 0 saturated heterocycles. The average Bonchev–Trinajstić information content (AvgIpc) is 3.01. The quantitative estimate of drug-likeness (QED) is 0.170. The lowest BCUT2D eigenvalue weighted by molar-refractivity contribution is -0.116. The summed E-state index contributed by atoms with van der Waals surface area (Å²) in [6.07, 6.45) is 5.25. The van der Waals surface area contributed by atoms with Crippen molar-refractivity contribution in [3.63, 3.8) is 0 Å². The second-order valence-corrected chi connectivity index (χ2v) is 11.3. The number of fused-ring (bicyclic) bond motifs is 2. The molecule has 0 fully saturated rings. The van der Waals surface area contributed by atoms with Crippen molar-refractivity contribution >= 4 is 51.2 Å². The van der Waals surface area contributed by atoms with E-state index in [9.17, 15) is 10.1 Å². The van der Waals surface area contributed by atoms with Gasteiger partial charge in [0.2, 0.25) is 5.91 Å². The number of halogens is 1. The maximum Gasteiger partial charge on any atom is 0.224 e. The summed E-state index contributed by atoms with van der Waals surface area (Å²) in [6, 6.07) is 15.2. The van der Waals surface area contributed by atoms with Crippen LogP contribution in [0.2, 0.25) is 5.02 Å². The largest absolute Gasteiger partial charge is 0.492 e. The fourth-order valence-corrected chi connectivity index (χ4v) is 5.34. The summed E-state index contributed by atoms with van der Waals surface area (Å²) >= 11 is 6.65. The Morgan fingerprint density at radius 3 is 2.82 bits per heavy atom. The maximum atomic E-state index is 12.8. The van der Waals surface area contributed by atoms with Crippen molar-refractivity contribution < 1.29 is 14.3 Å². The van der Waals surface area contributed by atoms with E-state index < -0.39 is 0 Å². The van der Waals surface area contributed by atoms with Gasteiger partial charge in [-0.15, -0.1) is 0 Å². The van der Waals surface area contributed by atoms with Crippen LogP contribution in [-0.4, -0.2) is 61.2 Å². The fraction of sp³-hybridized carbons (Fsp3) is 0.333. The van der Waals surface area contributed by atoms with Crippen LogP contribution in [0.1, 0.15) is 31.0 Å². The molecule has 5 rings (SSSR count). The molecule has 1 amide bonds. The molecule has 0 aliphatic carbocycles. The highest BCUT2D eigenvalue weighted by Crippen LogP contribution is 2.37. The zero-order chi connectivity index (χ0) is 31.1. The Morgan fingerprint density at radius 1 is 1.18 bits per heavy atom. The molecule has 44 heavy (non-hydrogen) atoms. The molecule has 3 N–H and O–H groups in total. The zero-order valence-corrected chi connectivity index (χ0v) is 25.9. The van der Waals surface area contributed by atoms with E-state index in [1.807, 2.05) is 50.2 Å². The Labute approximate surface area is 262 Å². The SMILES string of the molecule is CCOc1cc2ncc(C#N)c(Nc3ccc(OCC4CNc5cccnc5C4)c(Cl)c3)c2cc1NC(=O)CCCN(C)C. The van der Waals surface area contributed by atoms with Crippen LogP contribution in [0, 0.1) is 17.2 Å². The molecule has 10 nitrogen and oxygen atoms in total. The van der Waals surface area contributed by atoms with E-state index in [4.69, 9.17) is 21.1 Å². The number of rotatable bonds is 12. The monoisotopic (exact) mass is 613 g/mol. The number of aromatic nitrogens is 2. The number of benzene rings is 2. The Balaban J connectivity index is 1.35. The molecule has 2 aromatic heterocycles. The molecule has 1 aliphatic heterocycles. The molecule has 2 aromatic carbocycles. The smallest absolute Gasteiger partial charge is 0.224 e. The summed E-state index contributed by atoms with van der Waals surface area (Å²) in [4.78, 5) is 23.8. The number of amides is 1. The van der Waals surface area contributed by atoms with E-state index in [0.29, 0.717) is 69.7 Å². The second kappa shape index (κ2) is 14.3. The summed E-state index contributed by atoms with van der Waals surface area (Å²) in [5, 5.41) is 20.8. The van der Waals surface area contributed by atoms with Crippen molar-refractivity contribution in [2.75, 3.05) is 56.3 Å². The minimum Gasteiger partial charge on any atom is -0.492 e. The highest BCUT2D eigenvalue weighted by Gasteiger charge is 2.20. The fourth-order valence-electron chi connectivity index (χ4n) is 5.11. The molecule has 0 bridgehead atoms. The number of pyridine rings is 2. The number of carbonyl (C=O) groups is 1. The van der Waals surface area contributed by atoms with Gasteiger partial charge in [-0.3, -0.25) is 14.8 Å². The lowest BCUT2D eigenvalue weighted by Gasteiger charge is -2.25. The third-order valence-electron chi connectivity index (χ3n) is 7.30. The highest BCUT2D eigenvalue weighted by atomic mass is 35.5. The molecule has 0 radical (unpaired) electrons. The minimum absolute atomic E-state index is 0.113. The number of nitrogens with one attached hydrogen (secondary N) is 3. The first-order valence-corrected chi connectivity index (χ1v) is 15.0. The van der Waals surface area contributed by atoms with Crippen molar-refractivity contribution in [1.29, 1.82) is 5.26 Å². The van der Waals surface area contributed by atoms with E-state index in [1.54, 1.807) is 24.4 Å². The van der Waals surface area contributed by atoms with E-state index in [2.05, 4.69) is 32.0 Å². The lowest BCUT2D eigenvalue weighted by Crippen LogP contribution is -2.28. The van der Waals surface area contributed by atoms with Gasteiger partial charge < -0.3 is 30.3 Å². The van der Waals surface area contributed by atoms with Crippen molar-refractivity contribution in [1.82, 2.24) is 14.9 Å². The van der Waals surface area contributed by atoms with Gasteiger partial charge in [-0.05, 0) is 76.8 Å². The topological polar surface area (TPSA) is 124 Å². The second-order valence-electron chi connectivity index (χ2n) is 10.9. The van der Waals surface area contributed by atoms with E-state index >= 15 is 0 Å². The average molecular weight is 614 g/mol. The van der Waals surface area contributed by atoms with Gasteiger partial charge in [-0.25, -0.2) is 0 Å². The van der Waals surface area contributed by atoms with Gasteiger partial charge >= 0.3 is 0 Å². The number of nitrogens with zero attached hydrogens (tertiary/aromatic N) is 4. The standard InChI is InChI=1S/C33H36ClN7O3/c1-4-43-31-16-27-24(15-29(31)40-32(42)8-6-12-41(2)3)33(22(17-35)19-38-27)39-23-9-10-30(25(34)14-23)44-20-21-13-28-26(37-18-21)7-5-11-36-28/h5,7,9-11,14-16,19,21,37H,4,6,8,12-13,18,20H2,1-3H3,(H,38,39)(H,40,42). The van der Waals surface area contributed by atoms with Crippen LogP contribution in [0.4, 0.5) is 22.7 Å². The summed E-state index contributed by atoms with van der Waals surface area (Å²) in [5.41, 5.74) is 4.81. The Hall–Kier alpha value is -4.59. The summed E-state index contributed by atoms with van der Waals surface area (Å²) < 4.78 is 11.9. The van der Waals surface area contributed by atoms with Crippen LogP contribution >= 0.6 is 11.6 Å². The molecule has 1 unspecified atom stereocenters. The summed E-state index contributed by atoms with van der Waals surface area (Å²) in [7, 11) is 3.95. The first-order chi connectivity index (χ1) is 21.3. The van der Waals surface area contributed by atoms with Gasteiger partial charge in [0.15, 0.2) is 0 Å². The third-order valence-corrected chi connectivity index (χ3v) is 7.60. The van der Waals surface area contributed by atoms with Crippen molar-refractivity contribution in [3.05, 3.63) is 71.1 Å². The van der Waals surface area contributed by atoms with Crippen LogP contribution < -0.4 is 25.4 Å². The van der Waals surface area contributed by atoms with Gasteiger partial charge in [0.05, 0.1) is 52.1 Å². The van der Waals surface area contributed by atoms with Crippen LogP contribution in [0.3, 0.4) is 0 Å². The highest BCUT2D eigenvalue weighted by molar-refractivity contribution is 6.32. The Bertz CT molecular complexity index is 1690. The van der Waals surface area contributed by atoms with E-state index in [-0.39, 0.29) is 11.8 Å². The lowest BCUT2D eigenvalue weighted by atomic mass is 9.99. The Morgan fingerprint density at radius 2 is 2.05 bits per heavy atom. The molecule has 228 valence electrons. The van der Waals surface area contributed by atoms with Crippen LogP contribution in [0.5, 0.6) is 11.5 Å². The van der Waals surface area contributed by atoms with Gasteiger partial charge in [0.25, 0.3) is 0 Å². The number of hydrogen-bond donors (Lipinski definition) is 3. The summed E-state index contributed by atoms with van der Waals surface area (Å²) in [5.74, 6) is 1.24. The first-order valence-electron chi connectivity index (χ1n) is 14.7. The molecule has 0 saturated carbocycles. The van der Waals surface area contributed by atoms with Crippen LogP contribution in [0.25, 0.3) is 10.9 Å². The molecule has 4 aromatic rings. The van der Waals surface area contributed by atoms with Crippen LogP contribution in [0.15, 0.2) is 54.9 Å². The number of carbonyl (C=O) groups excluding carboxylic acids is 1. The number of hydrogen-bond acceptors (Lipinski definition) is 9. The number of ether oxygens (including phenoxy) is 2. The van der Waals surface area contributed by atoms with E-state index in [1.165, 1.54) is 6.20 Å². The molecule has 3 heterocycles. The summed E-state index contributed by atoms with van der Waals surface area (Å²) in [6.45, 7) is 4.40. The number of nitriles is 1. The normalized spacial score (nSPS) is 14.0. The van der Waals surface area contributed by atoms with Crippen molar-refractivity contribution in [2.24, 2.45) is 5.92 Å². The van der Waals surface area contributed by atoms with Gasteiger partial charge in [-0.1, -0.05) is 11.6 Å². The first kappa shape index (κ1) is 30.9. The zero-order valence-electron chi connectivity index (χ0n) is 25.1. The van der Waals surface area contributed by atoms with Gasteiger partial charge in [0, 0.05) is 48.4 Å². The van der Waals surface area contributed by atoms with Crippen LogP contribution in [-0.2, 0) is 11.2 Å². The molecule has 0 spiro atoms. The molecule has 1 atom stereocenters. The Kier molecular flexibility index (Phi) is 10.00.